The third-order valence-electron chi connectivity index (χ3n) is 5.48. The van der Waals surface area contributed by atoms with Gasteiger partial charge in [0.15, 0.2) is 0 Å². The molecule has 0 spiro atoms. The first-order chi connectivity index (χ1) is 16.0. The molecule has 3 heterocycles. The minimum atomic E-state index is -0.599. The van der Waals surface area contributed by atoms with Gasteiger partial charge in [0.25, 0.3) is 0 Å². The average molecular weight is 462 g/mol. The van der Waals surface area contributed by atoms with Gasteiger partial charge < -0.3 is 9.64 Å². The second kappa shape index (κ2) is 8.47. The molecule has 9 nitrogen and oxygen atoms in total. The normalized spacial score (nSPS) is 15.7. The van der Waals surface area contributed by atoms with E-state index in [1.165, 1.54) is 23.3 Å². The number of hydrogen-bond donors (Lipinski definition) is 1. The van der Waals surface area contributed by atoms with E-state index in [1.807, 2.05) is 35.7 Å². The molecule has 2 aromatic heterocycles. The Morgan fingerprint density at radius 2 is 1.88 bits per heavy atom. The van der Waals surface area contributed by atoms with Crippen LogP contribution in [0.25, 0.3) is 16.2 Å². The predicted octanol–water partition coefficient (Wildman–Crippen LogP) is 3.24. The van der Waals surface area contributed by atoms with Crippen molar-refractivity contribution >= 4 is 45.7 Å². The van der Waals surface area contributed by atoms with Gasteiger partial charge in [-0.05, 0) is 12.1 Å². The second-order valence-electron chi connectivity index (χ2n) is 7.52. The summed E-state index contributed by atoms with van der Waals surface area (Å²) < 4.78 is 6.50. The van der Waals surface area contributed by atoms with Gasteiger partial charge >= 0.3 is 5.97 Å². The molecule has 0 aliphatic carbocycles. The van der Waals surface area contributed by atoms with Gasteiger partial charge in [0.05, 0.1) is 30.0 Å². The molecule has 1 saturated heterocycles. The van der Waals surface area contributed by atoms with Crippen LogP contribution in [0.2, 0.25) is 0 Å². The van der Waals surface area contributed by atoms with E-state index in [9.17, 15) is 14.4 Å². The van der Waals surface area contributed by atoms with Gasteiger partial charge in [-0.15, -0.1) is 16.4 Å². The summed E-state index contributed by atoms with van der Waals surface area (Å²) in [5.41, 5.74) is 2.58. The van der Waals surface area contributed by atoms with Crippen molar-refractivity contribution in [2.45, 2.75) is 6.42 Å². The number of fused-ring (bicyclic) bond motifs is 1. The quantitative estimate of drug-likeness (QED) is 0.458. The zero-order chi connectivity index (χ0) is 22.9. The number of benzene rings is 2. The fourth-order valence-electron chi connectivity index (χ4n) is 3.86. The number of nitrogens with zero attached hydrogens (tertiary/aromatic N) is 4. The van der Waals surface area contributed by atoms with E-state index in [0.717, 1.165) is 11.3 Å². The Hall–Kier alpha value is -4.05. The topological polar surface area (TPSA) is 106 Å². The molecule has 1 N–H and O–H groups in total. The summed E-state index contributed by atoms with van der Waals surface area (Å²) in [5, 5.41) is 9.12. The molecule has 1 fully saturated rings. The Kier molecular flexibility index (Phi) is 5.35. The highest BCUT2D eigenvalue weighted by atomic mass is 32.1. The third-order valence-corrected chi connectivity index (χ3v) is 6.30. The second-order valence-corrected chi connectivity index (χ2v) is 8.36. The third kappa shape index (κ3) is 3.85. The molecule has 2 amide bonds. The molecule has 166 valence electrons. The number of para-hydroxylation sites is 1. The number of rotatable bonds is 5. The molecular formula is C23H19N5O4S. The summed E-state index contributed by atoms with van der Waals surface area (Å²) in [5.74, 6) is -1.54. The molecule has 33 heavy (non-hydrogen) atoms. The molecule has 0 saturated carbocycles. The first-order valence-corrected chi connectivity index (χ1v) is 11.1. The SMILES string of the molecule is COC(=O)c1ccccc1N1CC(C(=O)Nc2nc3scc(-c4ccccc4)n3n2)CC1=O. The van der Waals surface area contributed by atoms with E-state index < -0.39 is 11.9 Å². The Morgan fingerprint density at radius 1 is 1.12 bits per heavy atom. The molecule has 10 heteroatoms. The molecular weight excluding hydrogens is 442 g/mol. The monoisotopic (exact) mass is 461 g/mol. The van der Waals surface area contributed by atoms with Crippen molar-refractivity contribution < 1.29 is 19.1 Å². The van der Waals surface area contributed by atoms with Gasteiger partial charge in [-0.2, -0.15) is 4.98 Å². The lowest BCUT2D eigenvalue weighted by Crippen LogP contribution is -2.29. The van der Waals surface area contributed by atoms with Gasteiger partial charge in [0.2, 0.25) is 22.7 Å². The highest BCUT2D eigenvalue weighted by Gasteiger charge is 2.37. The molecule has 4 aromatic rings. The number of carbonyl (C=O) groups is 3. The van der Waals surface area contributed by atoms with Crippen molar-refractivity contribution in [3.05, 3.63) is 65.5 Å². The van der Waals surface area contributed by atoms with E-state index in [2.05, 4.69) is 15.4 Å². The number of hydrogen-bond acceptors (Lipinski definition) is 7. The minimum Gasteiger partial charge on any atom is -0.465 e. The van der Waals surface area contributed by atoms with Crippen LogP contribution in [0.5, 0.6) is 0 Å². The summed E-state index contributed by atoms with van der Waals surface area (Å²) in [6, 6.07) is 16.5. The highest BCUT2D eigenvalue weighted by molar-refractivity contribution is 7.15. The minimum absolute atomic E-state index is 0.0266. The van der Waals surface area contributed by atoms with E-state index in [1.54, 1.807) is 28.8 Å². The predicted molar refractivity (Wildman–Crippen MR) is 123 cm³/mol. The van der Waals surface area contributed by atoms with Crippen molar-refractivity contribution in [3.63, 3.8) is 0 Å². The summed E-state index contributed by atoms with van der Waals surface area (Å²) in [4.78, 5) is 44.1. The zero-order valence-corrected chi connectivity index (χ0v) is 18.4. The maximum atomic E-state index is 12.9. The molecule has 1 unspecified atom stereocenters. The van der Waals surface area contributed by atoms with Crippen LogP contribution in [-0.2, 0) is 14.3 Å². The molecule has 1 aliphatic heterocycles. The van der Waals surface area contributed by atoms with Crippen LogP contribution < -0.4 is 10.2 Å². The number of aromatic nitrogens is 3. The Bertz CT molecular complexity index is 1360. The summed E-state index contributed by atoms with van der Waals surface area (Å²) in [6.07, 6.45) is 0.0266. The number of nitrogens with one attached hydrogen (secondary N) is 1. The summed E-state index contributed by atoms with van der Waals surface area (Å²) in [7, 11) is 1.28. The van der Waals surface area contributed by atoms with Crippen molar-refractivity contribution in [2.24, 2.45) is 5.92 Å². The highest BCUT2D eigenvalue weighted by Crippen LogP contribution is 2.30. The number of ether oxygens (including phenoxy) is 1. The van der Waals surface area contributed by atoms with Gasteiger partial charge in [0.1, 0.15) is 0 Å². The lowest BCUT2D eigenvalue weighted by Gasteiger charge is -2.19. The first kappa shape index (κ1) is 20.8. The number of carbonyl (C=O) groups excluding carboxylic acids is 3. The van der Waals surface area contributed by atoms with Crippen molar-refractivity contribution in [1.82, 2.24) is 14.6 Å². The average Bonchev–Trinajstić information content (AvgIpc) is 3.53. The number of thiazole rings is 1. The lowest BCUT2D eigenvalue weighted by atomic mass is 10.1. The fraction of sp³-hybridized carbons (Fsp3) is 0.174. The molecule has 1 aliphatic rings. The van der Waals surface area contributed by atoms with Crippen LogP contribution in [0.3, 0.4) is 0 Å². The van der Waals surface area contributed by atoms with Crippen molar-refractivity contribution in [2.75, 3.05) is 23.9 Å². The van der Waals surface area contributed by atoms with E-state index in [4.69, 9.17) is 4.74 Å². The number of methoxy groups -OCH3 is 1. The van der Waals surface area contributed by atoms with Gasteiger partial charge in [-0.25, -0.2) is 9.31 Å². The number of anilines is 2. The summed E-state index contributed by atoms with van der Waals surface area (Å²) >= 11 is 1.43. The standard InChI is InChI=1S/C23H19N5O4S/c1-32-21(31)16-9-5-6-10-17(16)27-12-15(11-19(27)29)20(30)24-22-25-23-28(26-22)18(13-33-23)14-7-3-2-4-8-14/h2-10,13,15H,11-12H2,1H3,(H,24,26,30). The van der Waals surface area contributed by atoms with Crippen LogP contribution >= 0.6 is 11.3 Å². The first-order valence-electron chi connectivity index (χ1n) is 10.2. The zero-order valence-electron chi connectivity index (χ0n) is 17.6. The molecule has 1 atom stereocenters. The summed E-state index contributed by atoms with van der Waals surface area (Å²) in [6.45, 7) is 0.149. The largest absolute Gasteiger partial charge is 0.465 e. The van der Waals surface area contributed by atoms with Crippen molar-refractivity contribution in [1.29, 1.82) is 0 Å². The van der Waals surface area contributed by atoms with Crippen molar-refractivity contribution in [3.8, 4) is 11.3 Å². The van der Waals surface area contributed by atoms with E-state index in [-0.39, 0.29) is 36.3 Å². The lowest BCUT2D eigenvalue weighted by molar-refractivity contribution is -0.122. The Labute approximate surface area is 192 Å². The van der Waals surface area contributed by atoms with Crippen LogP contribution in [0.4, 0.5) is 11.6 Å². The smallest absolute Gasteiger partial charge is 0.339 e. The van der Waals surface area contributed by atoms with E-state index in [0.29, 0.717) is 10.6 Å². The fourth-order valence-corrected chi connectivity index (χ4v) is 4.69. The molecule has 2 aromatic carbocycles. The van der Waals surface area contributed by atoms with E-state index >= 15 is 0 Å². The number of esters is 1. The van der Waals surface area contributed by atoms with Crippen LogP contribution in [0.1, 0.15) is 16.8 Å². The Balaban J connectivity index is 1.33. The van der Waals surface area contributed by atoms with Crippen LogP contribution in [0.15, 0.2) is 60.0 Å². The Morgan fingerprint density at radius 3 is 2.67 bits per heavy atom. The molecule has 0 bridgehead atoms. The van der Waals surface area contributed by atoms with Gasteiger partial charge in [-0.1, -0.05) is 42.5 Å². The van der Waals surface area contributed by atoms with Gasteiger partial charge in [-0.3, -0.25) is 14.9 Å². The maximum Gasteiger partial charge on any atom is 0.339 e. The molecule has 5 rings (SSSR count). The number of amides is 2. The van der Waals surface area contributed by atoms with Crippen LogP contribution in [0, 0.1) is 5.92 Å². The maximum absolute atomic E-state index is 12.9. The molecule has 0 radical (unpaired) electrons. The van der Waals surface area contributed by atoms with Crippen LogP contribution in [-0.4, -0.2) is 46.0 Å². The van der Waals surface area contributed by atoms with Gasteiger partial charge in [0, 0.05) is 23.9 Å².